The van der Waals surface area contributed by atoms with Gasteiger partial charge in [-0.1, -0.05) is 6.92 Å². The van der Waals surface area contributed by atoms with Gasteiger partial charge in [0, 0.05) is 6.54 Å². The summed E-state index contributed by atoms with van der Waals surface area (Å²) in [5.41, 5.74) is -1.68. The molecule has 0 radical (unpaired) electrons. The average Bonchev–Trinajstić information content (AvgIpc) is 2.59. The van der Waals surface area contributed by atoms with E-state index < -0.39 is 23.2 Å². The van der Waals surface area contributed by atoms with E-state index in [1.54, 1.807) is 27.7 Å². The van der Waals surface area contributed by atoms with Gasteiger partial charge in [-0.05, 0) is 40.0 Å². The van der Waals surface area contributed by atoms with Gasteiger partial charge in [-0.25, -0.2) is 9.59 Å². The van der Waals surface area contributed by atoms with Crippen molar-refractivity contribution in [3.8, 4) is 0 Å². The predicted octanol–water partition coefficient (Wildman–Crippen LogP) is 2.25. The Morgan fingerprint density at radius 2 is 2.00 bits per heavy atom. The Kier molecular flexibility index (Phi) is 3.69. The van der Waals surface area contributed by atoms with Gasteiger partial charge >= 0.3 is 12.1 Å². The summed E-state index contributed by atoms with van der Waals surface area (Å²) in [6.07, 6.45) is 1.08. The molecule has 0 aliphatic carbocycles. The van der Waals surface area contributed by atoms with Crippen LogP contribution in [0, 0.1) is 0 Å². The summed E-state index contributed by atoms with van der Waals surface area (Å²) in [6.45, 7) is 7.56. The Labute approximate surface area is 102 Å². The molecule has 0 aromatic heterocycles. The average molecular weight is 243 g/mol. The van der Waals surface area contributed by atoms with Crippen molar-refractivity contribution in [3.63, 3.8) is 0 Å². The maximum absolute atomic E-state index is 12.0. The van der Waals surface area contributed by atoms with Crippen molar-refractivity contribution in [2.75, 3.05) is 6.54 Å². The quantitative estimate of drug-likeness (QED) is 0.807. The zero-order valence-corrected chi connectivity index (χ0v) is 10.9. The van der Waals surface area contributed by atoms with Gasteiger partial charge < -0.3 is 9.84 Å². The van der Waals surface area contributed by atoms with Crippen molar-refractivity contribution in [1.82, 2.24) is 4.90 Å². The minimum Gasteiger partial charge on any atom is -0.479 e. The molecule has 1 N–H and O–H groups in total. The number of likely N-dealkylation sites (tertiary alicyclic amines) is 1. The maximum Gasteiger partial charge on any atom is 0.411 e. The summed E-state index contributed by atoms with van der Waals surface area (Å²) < 4.78 is 5.25. The van der Waals surface area contributed by atoms with E-state index in [0.717, 1.165) is 0 Å². The molecule has 0 spiro atoms. The van der Waals surface area contributed by atoms with Crippen LogP contribution in [0.4, 0.5) is 4.79 Å². The fourth-order valence-corrected chi connectivity index (χ4v) is 2.20. The van der Waals surface area contributed by atoms with Gasteiger partial charge in [0.25, 0.3) is 0 Å². The summed E-state index contributed by atoms with van der Waals surface area (Å²) in [4.78, 5) is 24.7. The summed E-state index contributed by atoms with van der Waals surface area (Å²) in [5.74, 6) is -0.941. The molecule has 0 aromatic carbocycles. The number of nitrogens with zero attached hydrogens (tertiary/aromatic N) is 1. The number of rotatable bonds is 2. The molecule has 1 fully saturated rings. The molecule has 1 saturated heterocycles. The molecule has 0 unspecified atom stereocenters. The Morgan fingerprint density at radius 3 is 2.41 bits per heavy atom. The van der Waals surface area contributed by atoms with Gasteiger partial charge in [0.1, 0.15) is 11.1 Å². The van der Waals surface area contributed by atoms with Gasteiger partial charge in [0.05, 0.1) is 0 Å². The normalized spacial score (nSPS) is 24.8. The van der Waals surface area contributed by atoms with Crippen LogP contribution >= 0.6 is 0 Å². The van der Waals surface area contributed by atoms with E-state index in [4.69, 9.17) is 4.74 Å². The third kappa shape index (κ3) is 2.70. The fourth-order valence-electron chi connectivity index (χ4n) is 2.20. The molecule has 1 rings (SSSR count). The molecule has 1 heterocycles. The lowest BCUT2D eigenvalue weighted by Crippen LogP contribution is -2.53. The van der Waals surface area contributed by atoms with Crippen LogP contribution in [-0.4, -0.2) is 39.8 Å². The Hall–Kier alpha value is -1.26. The first-order valence-corrected chi connectivity index (χ1v) is 5.97. The van der Waals surface area contributed by atoms with E-state index in [0.29, 0.717) is 25.8 Å². The summed E-state index contributed by atoms with van der Waals surface area (Å²) in [5, 5.41) is 9.33. The SMILES string of the molecule is CC[C@@]1(C(=O)O)CCCN1C(=O)OC(C)(C)C. The highest BCUT2D eigenvalue weighted by Gasteiger charge is 2.49. The summed E-state index contributed by atoms with van der Waals surface area (Å²) in [6, 6.07) is 0. The topological polar surface area (TPSA) is 66.8 Å². The van der Waals surface area contributed by atoms with E-state index in [9.17, 15) is 14.7 Å². The molecule has 0 saturated carbocycles. The van der Waals surface area contributed by atoms with Crippen molar-refractivity contribution >= 4 is 12.1 Å². The molecule has 1 atom stereocenters. The summed E-state index contributed by atoms with van der Waals surface area (Å²) >= 11 is 0. The van der Waals surface area contributed by atoms with Crippen LogP contribution in [0.15, 0.2) is 0 Å². The van der Waals surface area contributed by atoms with Gasteiger partial charge in [0.15, 0.2) is 0 Å². The van der Waals surface area contributed by atoms with Gasteiger partial charge in [-0.15, -0.1) is 0 Å². The first-order valence-electron chi connectivity index (χ1n) is 5.97. The third-order valence-electron chi connectivity index (χ3n) is 3.09. The number of carbonyl (C=O) groups excluding carboxylic acids is 1. The Balaban J connectivity index is 2.89. The molecule has 0 bridgehead atoms. The van der Waals surface area contributed by atoms with E-state index in [-0.39, 0.29) is 0 Å². The number of hydrogen-bond acceptors (Lipinski definition) is 3. The molecule has 1 aliphatic heterocycles. The van der Waals surface area contributed by atoms with E-state index in [2.05, 4.69) is 0 Å². The molecular formula is C12H21NO4. The van der Waals surface area contributed by atoms with Gasteiger partial charge in [-0.2, -0.15) is 0 Å². The fraction of sp³-hybridized carbons (Fsp3) is 0.833. The maximum atomic E-state index is 12.0. The predicted molar refractivity (Wildman–Crippen MR) is 62.8 cm³/mol. The number of amides is 1. The molecule has 0 aromatic rings. The van der Waals surface area contributed by atoms with E-state index in [1.165, 1.54) is 4.90 Å². The van der Waals surface area contributed by atoms with Crippen LogP contribution in [0.1, 0.15) is 47.0 Å². The third-order valence-corrected chi connectivity index (χ3v) is 3.09. The zero-order valence-electron chi connectivity index (χ0n) is 10.9. The van der Waals surface area contributed by atoms with Crippen LogP contribution < -0.4 is 0 Å². The lowest BCUT2D eigenvalue weighted by molar-refractivity contribution is -0.149. The smallest absolute Gasteiger partial charge is 0.411 e. The van der Waals surface area contributed by atoms with E-state index >= 15 is 0 Å². The van der Waals surface area contributed by atoms with Gasteiger partial charge in [0.2, 0.25) is 0 Å². The number of carboxylic acid groups (broad SMARTS) is 1. The van der Waals surface area contributed by atoms with Crippen molar-refractivity contribution < 1.29 is 19.4 Å². The first-order chi connectivity index (χ1) is 7.73. The Morgan fingerprint density at radius 1 is 1.41 bits per heavy atom. The number of hydrogen-bond donors (Lipinski definition) is 1. The highest BCUT2D eigenvalue weighted by molar-refractivity contribution is 5.85. The number of carbonyl (C=O) groups is 2. The molecule has 1 aliphatic rings. The second-order valence-corrected chi connectivity index (χ2v) is 5.43. The van der Waals surface area contributed by atoms with Crippen molar-refractivity contribution in [2.24, 2.45) is 0 Å². The van der Waals surface area contributed by atoms with Crippen molar-refractivity contribution in [3.05, 3.63) is 0 Å². The lowest BCUT2D eigenvalue weighted by atomic mass is 9.93. The van der Waals surface area contributed by atoms with Crippen molar-refractivity contribution in [2.45, 2.75) is 58.1 Å². The highest BCUT2D eigenvalue weighted by atomic mass is 16.6. The zero-order chi connectivity index (χ0) is 13.3. The lowest BCUT2D eigenvalue weighted by Gasteiger charge is -2.35. The van der Waals surface area contributed by atoms with Gasteiger partial charge in [-0.3, -0.25) is 4.90 Å². The minimum absolute atomic E-state index is 0.404. The summed E-state index contributed by atoms with van der Waals surface area (Å²) in [7, 11) is 0. The number of carboxylic acids is 1. The van der Waals surface area contributed by atoms with Crippen LogP contribution in [0.5, 0.6) is 0 Å². The minimum atomic E-state index is -1.08. The molecule has 17 heavy (non-hydrogen) atoms. The van der Waals surface area contributed by atoms with Crippen LogP contribution in [0.3, 0.4) is 0 Å². The Bertz CT molecular complexity index is 321. The molecule has 5 heteroatoms. The van der Waals surface area contributed by atoms with Crippen LogP contribution in [-0.2, 0) is 9.53 Å². The number of aliphatic carboxylic acids is 1. The molecule has 1 amide bonds. The molecule has 5 nitrogen and oxygen atoms in total. The van der Waals surface area contributed by atoms with Crippen LogP contribution in [0.2, 0.25) is 0 Å². The molecular weight excluding hydrogens is 222 g/mol. The number of ether oxygens (including phenoxy) is 1. The highest BCUT2D eigenvalue weighted by Crippen LogP contribution is 2.33. The van der Waals surface area contributed by atoms with E-state index in [1.807, 2.05) is 0 Å². The second-order valence-electron chi connectivity index (χ2n) is 5.43. The monoisotopic (exact) mass is 243 g/mol. The van der Waals surface area contributed by atoms with Crippen LogP contribution in [0.25, 0.3) is 0 Å². The first kappa shape index (κ1) is 13.8. The van der Waals surface area contributed by atoms with Crippen molar-refractivity contribution in [1.29, 1.82) is 0 Å². The standard InChI is InChI=1S/C12H21NO4/c1-5-12(9(14)15)7-6-8-13(12)10(16)17-11(2,3)4/h5-8H2,1-4H3,(H,14,15)/t12-/m0/s1. The molecule has 98 valence electrons. The second kappa shape index (κ2) is 4.55. The largest absolute Gasteiger partial charge is 0.479 e.